The van der Waals surface area contributed by atoms with Crippen molar-refractivity contribution in [1.82, 2.24) is 0 Å². The summed E-state index contributed by atoms with van der Waals surface area (Å²) >= 11 is 0. The fourth-order valence-electron chi connectivity index (χ4n) is 4.53. The van der Waals surface area contributed by atoms with E-state index < -0.39 is 11.5 Å². The second kappa shape index (κ2) is 9.90. The molecule has 29 heavy (non-hydrogen) atoms. The van der Waals surface area contributed by atoms with E-state index in [2.05, 4.69) is 26.0 Å². The summed E-state index contributed by atoms with van der Waals surface area (Å²) in [6.07, 6.45) is 10.4. The van der Waals surface area contributed by atoms with E-state index in [4.69, 9.17) is 0 Å². The van der Waals surface area contributed by atoms with E-state index in [-0.39, 0.29) is 30.0 Å². The van der Waals surface area contributed by atoms with Gasteiger partial charge in [0.05, 0.1) is 6.10 Å². The number of hydrogen-bond acceptors (Lipinski definition) is 4. The molecule has 162 valence electrons. The number of ketones is 1. The van der Waals surface area contributed by atoms with Gasteiger partial charge in [0.2, 0.25) is 5.78 Å². The average molecular weight is 412 g/mol. The van der Waals surface area contributed by atoms with Crippen molar-refractivity contribution in [1.29, 1.82) is 0 Å². The van der Waals surface area contributed by atoms with Crippen LogP contribution in [-0.2, 0) is 4.79 Å². The van der Waals surface area contributed by atoms with Gasteiger partial charge in [-0.05, 0) is 70.4 Å². The van der Waals surface area contributed by atoms with E-state index in [1.807, 2.05) is 26.8 Å². The molecule has 2 aliphatic rings. The Kier molecular flexibility index (Phi) is 8.07. The van der Waals surface area contributed by atoms with Gasteiger partial charge in [0.1, 0.15) is 0 Å². The molecule has 0 fully saturated rings. The molecule has 0 aliphatic heterocycles. The van der Waals surface area contributed by atoms with Gasteiger partial charge in [0, 0.05) is 23.9 Å². The third-order valence-electron chi connectivity index (χ3n) is 6.88. The van der Waals surface area contributed by atoms with Crippen molar-refractivity contribution in [2.75, 3.05) is 6.61 Å². The molecule has 0 saturated heterocycles. The topological polar surface area (TPSA) is 77.8 Å². The number of carbonyl (C=O) groups is 1. The van der Waals surface area contributed by atoms with E-state index >= 15 is 0 Å². The molecule has 4 heteroatoms. The van der Waals surface area contributed by atoms with Gasteiger partial charge < -0.3 is 15.3 Å². The van der Waals surface area contributed by atoms with Gasteiger partial charge in [0.25, 0.3) is 0 Å². The van der Waals surface area contributed by atoms with Crippen molar-refractivity contribution in [3.8, 4) is 0 Å². The second-order valence-corrected chi connectivity index (χ2v) is 9.27. The van der Waals surface area contributed by atoms with Crippen LogP contribution in [0.1, 0.15) is 73.1 Å². The predicted molar refractivity (Wildman–Crippen MR) is 117 cm³/mol. The van der Waals surface area contributed by atoms with Gasteiger partial charge in [-0.3, -0.25) is 4.79 Å². The van der Waals surface area contributed by atoms with Crippen molar-refractivity contribution in [2.45, 2.75) is 79.2 Å². The number of rotatable bonds is 2. The zero-order chi connectivity index (χ0) is 21.8. The molecule has 0 bridgehead atoms. The summed E-state index contributed by atoms with van der Waals surface area (Å²) in [6.45, 7) is 9.81. The molecule has 0 unspecified atom stereocenters. The molecule has 0 heterocycles. The molecule has 0 aromatic heterocycles. The fourth-order valence-corrected chi connectivity index (χ4v) is 4.53. The van der Waals surface area contributed by atoms with Crippen LogP contribution >= 0.6 is 0 Å². The second-order valence-electron chi connectivity index (χ2n) is 9.27. The maximum Gasteiger partial charge on any atom is 0.203 e. The standard InChI is InChI=1S/C25H38O4/c1-16-7-6-8-17(2)13-14-25(5)20(11-10-18(3)21(27)12-9-16)22(19(4)15-26)23(28)24(25)29/h7,10,13,19-21,26-28H,6,8-9,11-12,14-15H2,1-5H3/b16-7+,17-13+,18-10+/t19-,20-,21+,25+/m1/s1/i6+1,11+1,12+1,14+1,16+1,17+1,18+1,19+1,23+1,25+1. The van der Waals surface area contributed by atoms with Gasteiger partial charge in [-0.15, -0.1) is 0 Å². The maximum atomic E-state index is 13.1. The van der Waals surface area contributed by atoms with Crippen LogP contribution in [0.2, 0.25) is 0 Å². The van der Waals surface area contributed by atoms with Crippen molar-refractivity contribution in [2.24, 2.45) is 17.3 Å². The minimum Gasteiger partial charge on any atom is -0.504 e. The van der Waals surface area contributed by atoms with E-state index in [0.717, 1.165) is 24.8 Å². The summed E-state index contributed by atoms with van der Waals surface area (Å²) in [6, 6.07) is 0. The molecule has 3 N–H and O–H groups in total. The summed E-state index contributed by atoms with van der Waals surface area (Å²) < 4.78 is 0. The van der Waals surface area contributed by atoms with E-state index in [1.165, 1.54) is 11.1 Å². The predicted octanol–water partition coefficient (Wildman–Crippen LogP) is 5.19. The van der Waals surface area contributed by atoms with E-state index in [9.17, 15) is 20.1 Å². The summed E-state index contributed by atoms with van der Waals surface area (Å²) in [4.78, 5) is 13.1. The average Bonchev–Trinajstić information content (AvgIpc) is 2.88. The van der Waals surface area contributed by atoms with E-state index in [0.29, 0.717) is 24.8 Å². The normalized spacial score (nSPS) is 36.7. The van der Waals surface area contributed by atoms with Crippen molar-refractivity contribution in [3.63, 3.8) is 0 Å². The molecule has 0 saturated carbocycles. The van der Waals surface area contributed by atoms with E-state index in [1.54, 1.807) is 0 Å². The number of fused-ring (bicyclic) bond motifs is 1. The lowest BCUT2D eigenvalue weighted by molar-refractivity contribution is -0.126. The molecule has 0 aromatic rings. The van der Waals surface area contributed by atoms with Crippen LogP contribution in [0.4, 0.5) is 0 Å². The number of carbonyl (C=O) groups excluding carboxylic acids is 1. The third-order valence-corrected chi connectivity index (χ3v) is 6.88. The smallest absolute Gasteiger partial charge is 0.203 e. The zero-order valence-electron chi connectivity index (χ0n) is 18.7. The lowest BCUT2D eigenvalue weighted by Crippen LogP contribution is -2.32. The Labute approximate surface area is 175 Å². The largest absolute Gasteiger partial charge is 0.504 e. The monoisotopic (exact) mass is 412 g/mol. The Bertz CT molecular complexity index is 740. The van der Waals surface area contributed by atoms with Crippen molar-refractivity contribution >= 4 is 5.78 Å². The zero-order valence-corrected chi connectivity index (χ0v) is 18.7. The Morgan fingerprint density at radius 1 is 1.14 bits per heavy atom. The first-order chi connectivity index (χ1) is 13.6. The van der Waals surface area contributed by atoms with Gasteiger partial charge >= 0.3 is 0 Å². The molecule has 2 aliphatic carbocycles. The maximum absolute atomic E-state index is 13.1. The summed E-state index contributed by atoms with van der Waals surface area (Å²) in [5, 5.41) is 30.9. The highest BCUT2D eigenvalue weighted by Crippen LogP contribution is 2.50. The Morgan fingerprint density at radius 3 is 2.45 bits per heavy atom. The highest BCUT2D eigenvalue weighted by molar-refractivity contribution is 6.02. The Morgan fingerprint density at radius 2 is 1.79 bits per heavy atom. The van der Waals surface area contributed by atoms with Crippen LogP contribution < -0.4 is 0 Å². The molecule has 4 nitrogen and oxygen atoms in total. The summed E-state index contributed by atoms with van der Waals surface area (Å²) in [5.74, 6) is -0.860. The minimum atomic E-state index is -0.738. The van der Waals surface area contributed by atoms with Crippen LogP contribution in [-0.4, -0.2) is 33.8 Å². The Balaban J connectivity index is 2.46. The van der Waals surface area contributed by atoms with Crippen LogP contribution in [0.3, 0.4) is 0 Å². The molecule has 0 amide bonds. The lowest BCUT2D eigenvalue weighted by atomic mass is 10.1. The first-order valence-corrected chi connectivity index (χ1v) is 10.9. The van der Waals surface area contributed by atoms with Crippen LogP contribution in [0, 0.1) is 17.3 Å². The van der Waals surface area contributed by atoms with Crippen LogP contribution in [0.15, 0.2) is 46.3 Å². The van der Waals surface area contributed by atoms with Crippen LogP contribution in [0.25, 0.3) is 0 Å². The van der Waals surface area contributed by atoms with Gasteiger partial charge in [-0.25, -0.2) is 0 Å². The Hall–Kier alpha value is -1.65. The molecular weight excluding hydrogens is 374 g/mol. The van der Waals surface area contributed by atoms with Crippen LogP contribution in [0.5, 0.6) is 0 Å². The molecule has 0 radical (unpaired) electrons. The number of aliphatic hydroxyl groups is 3. The third kappa shape index (κ3) is 5.29. The van der Waals surface area contributed by atoms with Gasteiger partial charge in [-0.2, -0.15) is 0 Å². The molecule has 4 atom stereocenters. The van der Waals surface area contributed by atoms with Crippen molar-refractivity contribution in [3.05, 3.63) is 46.3 Å². The highest BCUT2D eigenvalue weighted by atomic mass is 16.4. The molecule has 2 rings (SSSR count). The summed E-state index contributed by atoms with van der Waals surface area (Å²) in [5.41, 5.74) is 3.36. The van der Waals surface area contributed by atoms with Crippen molar-refractivity contribution < 1.29 is 20.1 Å². The fraction of sp³-hybridized carbons (Fsp3) is 0.640. The number of allylic oxidation sites excluding steroid dienone is 6. The first kappa shape index (κ1) is 23.6. The minimum absolute atomic E-state index is 0.107. The molecule has 0 aromatic carbocycles. The number of Topliss-reactive ketones (excluding diaryl/α,β-unsaturated/α-hetero) is 1. The van der Waals surface area contributed by atoms with Gasteiger partial charge in [-0.1, -0.05) is 43.2 Å². The van der Waals surface area contributed by atoms with Gasteiger partial charge in [0.15, 0.2) is 5.76 Å². The first-order valence-electron chi connectivity index (χ1n) is 10.9. The highest BCUT2D eigenvalue weighted by Gasteiger charge is 2.51. The SMILES string of the molecule is C/[13C]1=C\[13CH2][13C@]2(C)C(=O)[13C](O)=C([13C@H](C)CO)[C@H]2[13CH2]/C=[13C](\C)[C@@H](O)[13CH2]C/[13C](C)=C/[13CH2]C1. The summed E-state index contributed by atoms with van der Waals surface area (Å²) in [7, 11) is 0. The lowest BCUT2D eigenvalue weighted by Gasteiger charge is -2.32. The number of aliphatic hydroxyl groups excluding tert-OH is 3. The quantitative estimate of drug-likeness (QED) is 0.431. The molecular formula is C25H38O4. The molecule has 0 spiro atoms. The number of hydrogen-bond donors (Lipinski definition) is 3.